The number of aliphatic hydroxyl groups excluding tert-OH is 1. The number of para-hydroxylation sites is 1. The summed E-state index contributed by atoms with van der Waals surface area (Å²) in [6.45, 7) is 3.91. The highest BCUT2D eigenvalue weighted by Crippen LogP contribution is 2.21. The molecule has 5 heteroatoms. The maximum Gasteiger partial charge on any atom is 0.123 e. The summed E-state index contributed by atoms with van der Waals surface area (Å²) in [6, 6.07) is 19.5. The predicted molar refractivity (Wildman–Crippen MR) is 108 cm³/mol. The van der Waals surface area contributed by atoms with Gasteiger partial charge in [0.25, 0.3) is 0 Å². The smallest absolute Gasteiger partial charge is 0.123 e. The van der Waals surface area contributed by atoms with Gasteiger partial charge in [-0.3, -0.25) is 4.90 Å². The predicted octanol–water partition coefficient (Wildman–Crippen LogP) is 4.04. The molecule has 1 unspecified atom stereocenters. The molecule has 1 aromatic heterocycles. The van der Waals surface area contributed by atoms with E-state index in [2.05, 4.69) is 4.90 Å². The van der Waals surface area contributed by atoms with Gasteiger partial charge >= 0.3 is 0 Å². The molecular formula is C23H27NO4. The van der Waals surface area contributed by atoms with Crippen LogP contribution >= 0.6 is 0 Å². The number of aliphatic hydroxyl groups is 1. The average molecular weight is 381 g/mol. The number of rotatable bonds is 10. The molecule has 0 bridgehead atoms. The van der Waals surface area contributed by atoms with Crippen molar-refractivity contribution in [2.24, 2.45) is 0 Å². The number of nitrogens with zero attached hydrogens (tertiary/aromatic N) is 1. The van der Waals surface area contributed by atoms with Crippen LogP contribution in [0.2, 0.25) is 0 Å². The summed E-state index contributed by atoms with van der Waals surface area (Å²) < 4.78 is 16.7. The standard InChI is InChI=1S/C23H27NO4/c1-18-7-5-9-21(13-18)28-17-20(25)15-24(16-22-10-6-12-27-22)14-19-8-3-4-11-23(19)26-2/h3-13,20,25H,14-17H2,1-2H3. The van der Waals surface area contributed by atoms with Gasteiger partial charge in [0.2, 0.25) is 0 Å². The molecule has 148 valence electrons. The minimum absolute atomic E-state index is 0.226. The second-order valence-corrected chi connectivity index (χ2v) is 6.84. The van der Waals surface area contributed by atoms with Crippen molar-refractivity contribution in [2.45, 2.75) is 26.1 Å². The lowest BCUT2D eigenvalue weighted by Crippen LogP contribution is -2.35. The van der Waals surface area contributed by atoms with Crippen LogP contribution in [0.5, 0.6) is 11.5 Å². The van der Waals surface area contributed by atoms with Crippen LogP contribution in [0.1, 0.15) is 16.9 Å². The highest BCUT2D eigenvalue weighted by Gasteiger charge is 2.16. The van der Waals surface area contributed by atoms with Crippen LogP contribution in [0.15, 0.2) is 71.3 Å². The molecule has 0 aliphatic heterocycles. The van der Waals surface area contributed by atoms with Crippen molar-refractivity contribution < 1.29 is 19.0 Å². The molecule has 0 fully saturated rings. The van der Waals surface area contributed by atoms with Gasteiger partial charge in [0.1, 0.15) is 30.0 Å². The Morgan fingerprint density at radius 2 is 1.89 bits per heavy atom. The van der Waals surface area contributed by atoms with Crippen molar-refractivity contribution in [3.8, 4) is 11.5 Å². The average Bonchev–Trinajstić information content (AvgIpc) is 3.20. The maximum atomic E-state index is 10.6. The zero-order valence-electron chi connectivity index (χ0n) is 16.4. The van der Waals surface area contributed by atoms with Gasteiger partial charge in [-0.15, -0.1) is 0 Å². The van der Waals surface area contributed by atoms with E-state index < -0.39 is 6.10 Å². The Bertz CT molecular complexity index is 847. The largest absolute Gasteiger partial charge is 0.496 e. The summed E-state index contributed by atoms with van der Waals surface area (Å²) >= 11 is 0. The van der Waals surface area contributed by atoms with Gasteiger partial charge < -0.3 is 19.0 Å². The summed E-state index contributed by atoms with van der Waals surface area (Å²) in [5.41, 5.74) is 2.19. The summed E-state index contributed by atoms with van der Waals surface area (Å²) in [6.07, 6.45) is 1.03. The van der Waals surface area contributed by atoms with Gasteiger partial charge in [-0.1, -0.05) is 30.3 Å². The minimum Gasteiger partial charge on any atom is -0.496 e. The van der Waals surface area contributed by atoms with Crippen molar-refractivity contribution in [2.75, 3.05) is 20.3 Å². The van der Waals surface area contributed by atoms with Crippen LogP contribution in [-0.4, -0.2) is 36.4 Å². The zero-order valence-corrected chi connectivity index (χ0v) is 16.4. The van der Waals surface area contributed by atoms with Crippen LogP contribution < -0.4 is 9.47 Å². The van der Waals surface area contributed by atoms with E-state index in [1.54, 1.807) is 13.4 Å². The lowest BCUT2D eigenvalue weighted by Gasteiger charge is -2.25. The first-order valence-corrected chi connectivity index (χ1v) is 9.38. The number of ether oxygens (including phenoxy) is 2. The molecule has 0 amide bonds. The number of benzene rings is 2. The molecule has 2 aromatic carbocycles. The lowest BCUT2D eigenvalue weighted by molar-refractivity contribution is 0.0601. The number of furan rings is 1. The van der Waals surface area contributed by atoms with E-state index in [1.165, 1.54) is 0 Å². The lowest BCUT2D eigenvalue weighted by atomic mass is 10.1. The van der Waals surface area contributed by atoms with E-state index in [9.17, 15) is 5.11 Å². The number of aryl methyl sites for hydroxylation is 1. The highest BCUT2D eigenvalue weighted by atomic mass is 16.5. The van der Waals surface area contributed by atoms with Gasteiger partial charge in [-0.2, -0.15) is 0 Å². The first-order valence-electron chi connectivity index (χ1n) is 9.38. The number of hydrogen-bond acceptors (Lipinski definition) is 5. The fraction of sp³-hybridized carbons (Fsp3) is 0.304. The molecular weight excluding hydrogens is 354 g/mol. The quantitative estimate of drug-likeness (QED) is 0.574. The Morgan fingerprint density at radius 1 is 1.04 bits per heavy atom. The second-order valence-electron chi connectivity index (χ2n) is 6.84. The molecule has 0 radical (unpaired) electrons. The molecule has 5 nitrogen and oxygen atoms in total. The monoisotopic (exact) mass is 381 g/mol. The van der Waals surface area contributed by atoms with E-state index in [-0.39, 0.29) is 6.61 Å². The van der Waals surface area contributed by atoms with Gasteiger partial charge in [0.15, 0.2) is 0 Å². The van der Waals surface area contributed by atoms with Crippen LogP contribution in [-0.2, 0) is 13.1 Å². The highest BCUT2D eigenvalue weighted by molar-refractivity contribution is 5.33. The van der Waals surface area contributed by atoms with Gasteiger partial charge in [0, 0.05) is 18.7 Å². The SMILES string of the molecule is COc1ccccc1CN(Cc1ccco1)CC(O)COc1cccc(C)c1. The normalized spacial score (nSPS) is 12.1. The Kier molecular flexibility index (Phi) is 7.12. The second kappa shape index (κ2) is 9.97. The van der Waals surface area contributed by atoms with E-state index in [0.717, 1.165) is 28.4 Å². The Morgan fingerprint density at radius 3 is 2.64 bits per heavy atom. The molecule has 1 heterocycles. The topological polar surface area (TPSA) is 55.1 Å². The molecule has 1 atom stereocenters. The summed E-state index contributed by atoms with van der Waals surface area (Å²) in [5, 5.41) is 10.6. The molecule has 3 aromatic rings. The Balaban J connectivity index is 1.64. The third-order valence-corrected chi connectivity index (χ3v) is 4.45. The molecule has 0 saturated heterocycles. The fourth-order valence-electron chi connectivity index (χ4n) is 3.13. The minimum atomic E-state index is -0.634. The molecule has 0 saturated carbocycles. The van der Waals surface area contributed by atoms with Crippen molar-refractivity contribution in [3.05, 3.63) is 83.8 Å². The molecule has 0 spiro atoms. The van der Waals surface area contributed by atoms with Crippen molar-refractivity contribution in [3.63, 3.8) is 0 Å². The molecule has 0 aliphatic rings. The Hall–Kier alpha value is -2.76. The molecule has 1 N–H and O–H groups in total. The number of hydrogen-bond donors (Lipinski definition) is 1. The van der Waals surface area contributed by atoms with E-state index in [1.807, 2.05) is 67.6 Å². The first-order chi connectivity index (χ1) is 13.6. The molecule has 3 rings (SSSR count). The summed E-state index contributed by atoms with van der Waals surface area (Å²) in [5.74, 6) is 2.44. The third-order valence-electron chi connectivity index (χ3n) is 4.45. The van der Waals surface area contributed by atoms with Crippen molar-refractivity contribution >= 4 is 0 Å². The summed E-state index contributed by atoms with van der Waals surface area (Å²) in [7, 11) is 1.67. The maximum absolute atomic E-state index is 10.6. The number of methoxy groups -OCH3 is 1. The van der Waals surface area contributed by atoms with E-state index >= 15 is 0 Å². The van der Waals surface area contributed by atoms with Crippen LogP contribution in [0, 0.1) is 6.92 Å². The Labute approximate surface area is 166 Å². The first kappa shape index (κ1) is 20.0. The third kappa shape index (κ3) is 5.87. The van der Waals surface area contributed by atoms with Crippen molar-refractivity contribution in [1.29, 1.82) is 0 Å². The van der Waals surface area contributed by atoms with Crippen LogP contribution in [0.4, 0.5) is 0 Å². The van der Waals surface area contributed by atoms with Gasteiger partial charge in [-0.25, -0.2) is 0 Å². The zero-order chi connectivity index (χ0) is 19.8. The van der Waals surface area contributed by atoms with Crippen molar-refractivity contribution in [1.82, 2.24) is 4.90 Å². The van der Waals surface area contributed by atoms with E-state index in [4.69, 9.17) is 13.9 Å². The fourth-order valence-corrected chi connectivity index (χ4v) is 3.13. The summed E-state index contributed by atoms with van der Waals surface area (Å²) in [4.78, 5) is 2.13. The molecule has 0 aliphatic carbocycles. The van der Waals surface area contributed by atoms with Gasteiger partial charge in [-0.05, 0) is 42.8 Å². The van der Waals surface area contributed by atoms with Crippen LogP contribution in [0.3, 0.4) is 0 Å². The van der Waals surface area contributed by atoms with Gasteiger partial charge in [0.05, 0.1) is 19.9 Å². The van der Waals surface area contributed by atoms with Crippen LogP contribution in [0.25, 0.3) is 0 Å². The molecule has 28 heavy (non-hydrogen) atoms. The van der Waals surface area contributed by atoms with E-state index in [0.29, 0.717) is 19.6 Å².